The van der Waals surface area contributed by atoms with Gasteiger partial charge in [0.2, 0.25) is 5.91 Å². The smallest absolute Gasteiger partial charge is 0.224 e. The zero-order chi connectivity index (χ0) is 13.8. The van der Waals surface area contributed by atoms with Gasteiger partial charge >= 0.3 is 0 Å². The first-order valence-corrected chi connectivity index (χ1v) is 7.18. The van der Waals surface area contributed by atoms with Gasteiger partial charge in [-0.05, 0) is 24.3 Å². The molecule has 0 bridgehead atoms. The highest BCUT2D eigenvalue weighted by Gasteiger charge is 2.33. The van der Waals surface area contributed by atoms with Crippen molar-refractivity contribution >= 4 is 5.91 Å². The van der Waals surface area contributed by atoms with E-state index in [4.69, 9.17) is 5.73 Å². The molecule has 0 aromatic heterocycles. The van der Waals surface area contributed by atoms with E-state index in [0.29, 0.717) is 18.4 Å². The SMILES string of the molecule is CC(C)CN(C(=O)CC(N)c1ccccc1)C1CC1. The van der Waals surface area contributed by atoms with E-state index in [1.54, 1.807) is 0 Å². The zero-order valence-electron chi connectivity index (χ0n) is 11.9. The Morgan fingerprint density at radius 2 is 1.95 bits per heavy atom. The average molecular weight is 260 g/mol. The highest BCUT2D eigenvalue weighted by atomic mass is 16.2. The average Bonchev–Trinajstić information content (AvgIpc) is 3.21. The number of rotatable bonds is 6. The third kappa shape index (κ3) is 4.06. The summed E-state index contributed by atoms with van der Waals surface area (Å²) >= 11 is 0. The van der Waals surface area contributed by atoms with E-state index in [1.807, 2.05) is 35.2 Å². The number of nitrogens with two attached hydrogens (primary N) is 1. The lowest BCUT2D eigenvalue weighted by molar-refractivity contribution is -0.132. The van der Waals surface area contributed by atoms with Gasteiger partial charge in [0.15, 0.2) is 0 Å². The minimum absolute atomic E-state index is 0.192. The summed E-state index contributed by atoms with van der Waals surface area (Å²) in [5.41, 5.74) is 7.18. The second-order valence-corrected chi connectivity index (χ2v) is 5.89. The Balaban J connectivity index is 1.95. The summed E-state index contributed by atoms with van der Waals surface area (Å²) in [5, 5.41) is 0. The fraction of sp³-hybridized carbons (Fsp3) is 0.562. The lowest BCUT2D eigenvalue weighted by Gasteiger charge is -2.26. The first-order valence-electron chi connectivity index (χ1n) is 7.18. The molecule has 0 radical (unpaired) electrons. The van der Waals surface area contributed by atoms with Gasteiger partial charge in [-0.3, -0.25) is 4.79 Å². The maximum Gasteiger partial charge on any atom is 0.224 e. The first kappa shape index (κ1) is 14.1. The van der Waals surface area contributed by atoms with Gasteiger partial charge in [0, 0.05) is 25.0 Å². The van der Waals surface area contributed by atoms with E-state index < -0.39 is 0 Å². The van der Waals surface area contributed by atoms with Gasteiger partial charge in [-0.2, -0.15) is 0 Å². The molecule has 1 aromatic rings. The molecule has 2 N–H and O–H groups in total. The van der Waals surface area contributed by atoms with Crippen LogP contribution in [0.3, 0.4) is 0 Å². The molecule has 19 heavy (non-hydrogen) atoms. The molecule has 104 valence electrons. The van der Waals surface area contributed by atoms with Crippen LogP contribution in [-0.2, 0) is 4.79 Å². The maximum absolute atomic E-state index is 12.4. The normalized spacial score (nSPS) is 16.4. The molecule has 3 heteroatoms. The van der Waals surface area contributed by atoms with Crippen molar-refractivity contribution in [3.05, 3.63) is 35.9 Å². The summed E-state index contributed by atoms with van der Waals surface area (Å²) in [6.45, 7) is 5.16. The summed E-state index contributed by atoms with van der Waals surface area (Å²) in [5.74, 6) is 0.713. The van der Waals surface area contributed by atoms with E-state index in [1.165, 1.54) is 0 Å². The van der Waals surface area contributed by atoms with Crippen LogP contribution in [0.5, 0.6) is 0 Å². The fourth-order valence-electron chi connectivity index (χ4n) is 2.36. The highest BCUT2D eigenvalue weighted by Crippen LogP contribution is 2.29. The third-order valence-corrected chi connectivity index (χ3v) is 3.49. The van der Waals surface area contributed by atoms with Crippen LogP contribution < -0.4 is 5.73 Å². The van der Waals surface area contributed by atoms with Crippen molar-refractivity contribution in [2.24, 2.45) is 11.7 Å². The first-order chi connectivity index (χ1) is 9.08. The van der Waals surface area contributed by atoms with Crippen LogP contribution in [-0.4, -0.2) is 23.4 Å². The minimum atomic E-state index is -0.192. The Morgan fingerprint density at radius 1 is 1.32 bits per heavy atom. The van der Waals surface area contributed by atoms with Crippen molar-refractivity contribution in [3.8, 4) is 0 Å². The predicted octanol–water partition coefficient (Wildman–Crippen LogP) is 2.72. The number of hydrogen-bond acceptors (Lipinski definition) is 2. The quantitative estimate of drug-likeness (QED) is 0.855. The van der Waals surface area contributed by atoms with Crippen LogP contribution in [0.1, 0.15) is 44.7 Å². The Bertz CT molecular complexity index is 412. The monoisotopic (exact) mass is 260 g/mol. The molecule has 1 aromatic carbocycles. The van der Waals surface area contributed by atoms with Crippen LogP contribution in [0.2, 0.25) is 0 Å². The summed E-state index contributed by atoms with van der Waals surface area (Å²) in [6.07, 6.45) is 2.71. The molecule has 1 aliphatic carbocycles. The second kappa shape index (κ2) is 6.20. The molecule has 1 unspecified atom stereocenters. The lowest BCUT2D eigenvalue weighted by atomic mass is 10.0. The summed E-state index contributed by atoms with van der Waals surface area (Å²) in [7, 11) is 0. The van der Waals surface area contributed by atoms with Crippen molar-refractivity contribution in [1.29, 1.82) is 0 Å². The van der Waals surface area contributed by atoms with Crippen LogP contribution in [0, 0.1) is 5.92 Å². The van der Waals surface area contributed by atoms with E-state index in [9.17, 15) is 4.79 Å². The Hall–Kier alpha value is -1.35. The summed E-state index contributed by atoms with van der Waals surface area (Å²) in [4.78, 5) is 14.4. The van der Waals surface area contributed by atoms with Crippen molar-refractivity contribution < 1.29 is 4.79 Å². The summed E-state index contributed by atoms with van der Waals surface area (Å²) < 4.78 is 0. The van der Waals surface area contributed by atoms with Crippen molar-refractivity contribution in [2.45, 2.75) is 45.2 Å². The Labute approximate surface area is 115 Å². The van der Waals surface area contributed by atoms with Gasteiger partial charge < -0.3 is 10.6 Å². The van der Waals surface area contributed by atoms with Crippen LogP contribution >= 0.6 is 0 Å². The molecule has 3 nitrogen and oxygen atoms in total. The molecule has 1 amide bonds. The number of benzene rings is 1. The predicted molar refractivity (Wildman–Crippen MR) is 77.6 cm³/mol. The van der Waals surface area contributed by atoms with Gasteiger partial charge in [0.05, 0.1) is 0 Å². The zero-order valence-corrected chi connectivity index (χ0v) is 11.9. The maximum atomic E-state index is 12.4. The largest absolute Gasteiger partial charge is 0.339 e. The number of nitrogens with zero attached hydrogens (tertiary/aromatic N) is 1. The molecule has 0 saturated heterocycles. The highest BCUT2D eigenvalue weighted by molar-refractivity contribution is 5.77. The molecule has 0 aliphatic heterocycles. The molecule has 1 atom stereocenters. The van der Waals surface area contributed by atoms with Gasteiger partial charge in [0.25, 0.3) is 0 Å². The number of hydrogen-bond donors (Lipinski definition) is 1. The summed E-state index contributed by atoms with van der Waals surface area (Å²) in [6, 6.07) is 10.1. The Kier molecular flexibility index (Phi) is 4.59. The van der Waals surface area contributed by atoms with Crippen molar-refractivity contribution in [1.82, 2.24) is 4.90 Å². The molecule has 1 saturated carbocycles. The molecule has 2 rings (SSSR count). The third-order valence-electron chi connectivity index (χ3n) is 3.49. The topological polar surface area (TPSA) is 46.3 Å². The van der Waals surface area contributed by atoms with E-state index in [-0.39, 0.29) is 11.9 Å². The molecular weight excluding hydrogens is 236 g/mol. The van der Waals surface area contributed by atoms with Gasteiger partial charge in [-0.15, -0.1) is 0 Å². The van der Waals surface area contributed by atoms with Crippen LogP contribution in [0.15, 0.2) is 30.3 Å². The molecule has 1 aliphatic rings. The molecule has 0 heterocycles. The number of carbonyl (C=O) groups is 1. The second-order valence-electron chi connectivity index (χ2n) is 5.89. The fourth-order valence-corrected chi connectivity index (χ4v) is 2.36. The number of carbonyl (C=O) groups excluding carboxylic acids is 1. The van der Waals surface area contributed by atoms with Crippen LogP contribution in [0.25, 0.3) is 0 Å². The lowest BCUT2D eigenvalue weighted by Crippen LogP contribution is -2.37. The van der Waals surface area contributed by atoms with E-state index in [2.05, 4.69) is 13.8 Å². The molecule has 0 spiro atoms. The van der Waals surface area contributed by atoms with Gasteiger partial charge in [0.1, 0.15) is 0 Å². The standard InChI is InChI=1S/C16H24N2O/c1-12(2)11-18(14-8-9-14)16(19)10-15(17)13-6-4-3-5-7-13/h3-7,12,14-15H,8-11,17H2,1-2H3. The molecule has 1 fully saturated rings. The van der Waals surface area contributed by atoms with Gasteiger partial charge in [-0.25, -0.2) is 0 Å². The minimum Gasteiger partial charge on any atom is -0.339 e. The molecular formula is C16H24N2O. The number of amides is 1. The van der Waals surface area contributed by atoms with Gasteiger partial charge in [-0.1, -0.05) is 44.2 Å². The van der Waals surface area contributed by atoms with E-state index >= 15 is 0 Å². The van der Waals surface area contributed by atoms with Crippen molar-refractivity contribution in [2.75, 3.05) is 6.54 Å². The Morgan fingerprint density at radius 3 is 2.47 bits per heavy atom. The van der Waals surface area contributed by atoms with Crippen LogP contribution in [0.4, 0.5) is 0 Å². The van der Waals surface area contributed by atoms with Crippen molar-refractivity contribution in [3.63, 3.8) is 0 Å². The van der Waals surface area contributed by atoms with E-state index in [0.717, 1.165) is 24.9 Å².